The molecule has 0 fully saturated rings. The van der Waals surface area contributed by atoms with E-state index in [1.165, 1.54) is 15.5 Å². The summed E-state index contributed by atoms with van der Waals surface area (Å²) in [6.07, 6.45) is 3.24. The first-order chi connectivity index (χ1) is 31.1. The Hall–Kier alpha value is -5.85. The average Bonchev–Trinajstić information content (AvgIpc) is 3.87. The second kappa shape index (κ2) is 18.8. The fourth-order valence-corrected chi connectivity index (χ4v) is 12.2. The summed E-state index contributed by atoms with van der Waals surface area (Å²) in [5, 5.41) is 2.15. The van der Waals surface area contributed by atoms with E-state index in [-0.39, 0.29) is 25.5 Å². The van der Waals surface area contributed by atoms with Crippen molar-refractivity contribution in [3.05, 3.63) is 193 Å². The van der Waals surface area contributed by atoms with Gasteiger partial charge in [-0.3, -0.25) is 4.98 Å². The summed E-state index contributed by atoms with van der Waals surface area (Å²) in [5.74, 6) is 8.13. The molecule has 10 rings (SSSR count). The summed E-state index contributed by atoms with van der Waals surface area (Å²) >= 11 is -1.90. The molecule has 4 nitrogen and oxygen atoms in total. The predicted molar refractivity (Wildman–Crippen MR) is 277 cm³/mol. The molecule has 0 bridgehead atoms. The molecule has 0 saturated carbocycles. The molecule has 7 aromatic carbocycles. The number of rotatable bonds is 7. The van der Waals surface area contributed by atoms with Crippen molar-refractivity contribution in [1.29, 1.82) is 0 Å². The van der Waals surface area contributed by atoms with Crippen molar-refractivity contribution >= 4 is 50.6 Å². The average molecular weight is 1100 g/mol. The Bertz CT molecular complexity index is 3220. The Kier molecular flexibility index (Phi) is 13.3. The van der Waals surface area contributed by atoms with Gasteiger partial charge in [0.15, 0.2) is 0 Å². The van der Waals surface area contributed by atoms with Crippen molar-refractivity contribution < 1.29 is 24.5 Å². The summed E-state index contributed by atoms with van der Waals surface area (Å²) in [6.45, 7) is 13.8. The van der Waals surface area contributed by atoms with E-state index in [1.54, 1.807) is 0 Å². The van der Waals surface area contributed by atoms with Gasteiger partial charge in [0.2, 0.25) is 0 Å². The van der Waals surface area contributed by atoms with Crippen molar-refractivity contribution in [2.45, 2.75) is 70.6 Å². The second-order valence-electron chi connectivity index (χ2n) is 20.3. The number of nitrogens with zero attached hydrogens (tertiary/aromatic N) is 3. The van der Waals surface area contributed by atoms with E-state index < -0.39 is 13.3 Å². The maximum atomic E-state index is 6.53. The van der Waals surface area contributed by atoms with E-state index in [0.717, 1.165) is 90.0 Å². The largest absolute Gasteiger partial charge is 0.501 e. The third-order valence-corrected chi connectivity index (χ3v) is 16.3. The van der Waals surface area contributed by atoms with E-state index in [2.05, 4.69) is 203 Å². The van der Waals surface area contributed by atoms with Gasteiger partial charge in [0.05, 0.1) is 28.1 Å². The molecule has 0 aliphatic rings. The number of hydrogen-bond acceptors (Lipinski definition) is 3. The molecule has 0 saturated heterocycles. The maximum Gasteiger partial charge on any atom is 0.120 e. The number of imidazole rings is 1. The van der Waals surface area contributed by atoms with Crippen molar-refractivity contribution in [2.75, 3.05) is 0 Å². The van der Waals surface area contributed by atoms with Crippen molar-refractivity contribution in [2.24, 2.45) is 5.41 Å². The summed E-state index contributed by atoms with van der Waals surface area (Å²) in [7, 11) is 0. The molecule has 0 spiro atoms. The quantitative estimate of drug-likeness (QED) is 0.118. The number of fused-ring (bicyclic) bond motifs is 4. The second-order valence-corrected chi connectivity index (χ2v) is 30.9. The Morgan fingerprint density at radius 2 is 1.26 bits per heavy atom. The number of aromatic nitrogens is 3. The van der Waals surface area contributed by atoms with Gasteiger partial charge < -0.3 is 8.98 Å². The third kappa shape index (κ3) is 9.67. The van der Waals surface area contributed by atoms with Crippen LogP contribution in [0, 0.1) is 17.5 Å². The van der Waals surface area contributed by atoms with Crippen molar-refractivity contribution in [3.63, 3.8) is 0 Å². The molecule has 0 amide bonds. The molecule has 0 aliphatic carbocycles. The van der Waals surface area contributed by atoms with Crippen LogP contribution < -0.4 is 4.40 Å². The van der Waals surface area contributed by atoms with Gasteiger partial charge in [-0.1, -0.05) is 123 Å². The van der Waals surface area contributed by atoms with Gasteiger partial charge in [-0.05, 0) is 52.4 Å². The van der Waals surface area contributed by atoms with Crippen LogP contribution in [0.3, 0.4) is 0 Å². The van der Waals surface area contributed by atoms with Crippen LogP contribution >= 0.6 is 0 Å². The smallest absolute Gasteiger partial charge is 0.120 e. The number of para-hydroxylation sites is 3. The van der Waals surface area contributed by atoms with Crippen LogP contribution in [0.25, 0.3) is 83.6 Å². The first kappa shape index (κ1) is 46.7. The summed E-state index contributed by atoms with van der Waals surface area (Å²) in [6, 6.07) is 64.0. The van der Waals surface area contributed by atoms with Crippen LogP contribution in [0.2, 0.25) is 17.3 Å². The fraction of sp³-hybridized carbons (Fsp3) is 0.200. The van der Waals surface area contributed by atoms with E-state index in [9.17, 15) is 0 Å². The summed E-state index contributed by atoms with van der Waals surface area (Å²) in [5.41, 5.74) is 15.3. The topological polar surface area (TPSA) is 43.9 Å². The van der Waals surface area contributed by atoms with Crippen LogP contribution in [-0.4, -0.2) is 27.8 Å². The predicted octanol–water partition coefficient (Wildman–Crippen LogP) is 15.7. The minimum atomic E-state index is -1.90. The van der Waals surface area contributed by atoms with E-state index in [1.807, 2.05) is 42.5 Å². The number of benzene rings is 7. The monoisotopic (exact) mass is 1100 g/mol. The molecule has 0 atom stereocenters. The number of hydrogen-bond donors (Lipinski definition) is 0. The Morgan fingerprint density at radius 3 is 1.88 bits per heavy atom. The van der Waals surface area contributed by atoms with Gasteiger partial charge in [-0.2, -0.15) is 0 Å². The Morgan fingerprint density at radius 1 is 0.636 bits per heavy atom. The molecule has 3 heterocycles. The van der Waals surface area contributed by atoms with Crippen LogP contribution in [0.15, 0.2) is 174 Å². The molecule has 1 radical (unpaired) electrons. The molecular weight excluding hydrogens is 1040 g/mol. The normalized spacial score (nSPS) is 12.0. The minimum absolute atomic E-state index is 0. The zero-order valence-corrected chi connectivity index (χ0v) is 43.9. The van der Waals surface area contributed by atoms with Crippen LogP contribution in [0.1, 0.15) is 52.7 Å². The van der Waals surface area contributed by atoms with E-state index in [0.29, 0.717) is 5.41 Å². The van der Waals surface area contributed by atoms with Gasteiger partial charge in [0.25, 0.3) is 0 Å². The van der Waals surface area contributed by atoms with Crippen molar-refractivity contribution in [3.8, 4) is 50.6 Å². The van der Waals surface area contributed by atoms with Crippen LogP contribution in [-0.2, 0) is 31.9 Å². The molecule has 10 aromatic rings. The van der Waals surface area contributed by atoms with Crippen molar-refractivity contribution in [1.82, 2.24) is 14.5 Å². The molecule has 0 unspecified atom stereocenters. The molecule has 333 valence electrons. The molecule has 0 N–H and O–H groups in total. The number of pyridine rings is 1. The minimum Gasteiger partial charge on any atom is -0.501 e. The Balaban J connectivity index is 0.000000228. The van der Waals surface area contributed by atoms with Crippen LogP contribution in [0.5, 0.6) is 0 Å². The first-order valence-electron chi connectivity index (χ1n) is 22.7. The van der Waals surface area contributed by atoms with Gasteiger partial charge in [0, 0.05) is 36.6 Å². The fourth-order valence-electron chi connectivity index (χ4n) is 8.85. The van der Waals surface area contributed by atoms with Gasteiger partial charge in [-0.25, -0.2) is 0 Å². The SMILES string of the molecule is CC(C)(C)Cc1cc(-c2[c-]cccc2)nc[c]1[Ge]([CH3])([CH3])[CH3].CC(C)(C)c1cc(-c2ccccc2)c(-n2c(-c3[c-]ccc4c3oc3ccccc34)nc3ccccc32)c(-c2ccccc2)c1.[Ir]. The first-order valence-corrected chi connectivity index (χ1v) is 30.0. The molecule has 66 heavy (non-hydrogen) atoms. The standard InChI is InChI=1S/C41H31N2O.C19H26GeN.Ir/c1-41(2,3)29-25-33(27-15-6-4-7-16-27)38(34(26-29)28-17-8-5-9-18-28)43-36-23-12-11-22-35(36)42-40(43)32-21-14-20-31-30-19-10-13-24-37(30)44-39(31)32;1-19(2,3)13-16-12-18(15-10-8-7-9-11-15)21-14-17(16)20(4,5)6;/h4-20,22-26H,1-3H3;7-10,12,14H,13H2,1-6H3;/q2*-1;. The number of furan rings is 1. The summed E-state index contributed by atoms with van der Waals surface area (Å²) < 4.78 is 10.4. The van der Waals surface area contributed by atoms with E-state index in [4.69, 9.17) is 14.4 Å². The summed E-state index contributed by atoms with van der Waals surface area (Å²) in [4.78, 5) is 10.0. The maximum absolute atomic E-state index is 6.53. The van der Waals surface area contributed by atoms with Gasteiger partial charge in [-0.15, -0.1) is 18.2 Å². The van der Waals surface area contributed by atoms with Gasteiger partial charge in [0.1, 0.15) is 5.58 Å². The van der Waals surface area contributed by atoms with Gasteiger partial charge >= 0.3 is 132 Å². The molecule has 6 heteroatoms. The zero-order valence-electron chi connectivity index (χ0n) is 39.5. The zero-order chi connectivity index (χ0) is 45.5. The molecule has 3 aromatic heterocycles. The molecular formula is C60H57GeIrN3O-2. The van der Waals surface area contributed by atoms with Crippen LogP contribution in [0.4, 0.5) is 0 Å². The Labute approximate surface area is 406 Å². The third-order valence-electron chi connectivity index (χ3n) is 12.0. The molecule has 0 aliphatic heterocycles. The van der Waals surface area contributed by atoms with E-state index >= 15 is 0 Å².